The fourth-order valence-electron chi connectivity index (χ4n) is 3.26. The zero-order valence-corrected chi connectivity index (χ0v) is 20.2. The zero-order chi connectivity index (χ0) is 24.8. The number of non-ortho nitro benzene ring substituents is 1. The van der Waals surface area contributed by atoms with Crippen molar-refractivity contribution in [2.75, 3.05) is 6.61 Å². The van der Waals surface area contributed by atoms with Crippen molar-refractivity contribution in [3.63, 3.8) is 0 Å². The number of hydrogen-bond acceptors (Lipinski definition) is 7. The van der Waals surface area contributed by atoms with Crippen LogP contribution in [-0.2, 0) is 6.61 Å². The van der Waals surface area contributed by atoms with Gasteiger partial charge in [-0.05, 0) is 60.5 Å². The van der Waals surface area contributed by atoms with Crippen LogP contribution in [0.1, 0.15) is 28.6 Å². The number of furan rings is 1. The van der Waals surface area contributed by atoms with E-state index in [-0.39, 0.29) is 18.1 Å². The van der Waals surface area contributed by atoms with Crippen LogP contribution >= 0.6 is 15.9 Å². The van der Waals surface area contributed by atoms with E-state index in [9.17, 15) is 14.9 Å². The van der Waals surface area contributed by atoms with Gasteiger partial charge in [0.25, 0.3) is 5.69 Å². The van der Waals surface area contributed by atoms with Crippen molar-refractivity contribution in [2.45, 2.75) is 13.5 Å². The number of carbonyl (C=O) groups is 1. The van der Waals surface area contributed by atoms with Crippen LogP contribution in [0.2, 0.25) is 0 Å². The molecule has 1 amide bonds. The number of amides is 1. The molecule has 0 fully saturated rings. The van der Waals surface area contributed by atoms with Gasteiger partial charge in [0.2, 0.25) is 0 Å². The monoisotopic (exact) mass is 537 g/mol. The van der Waals surface area contributed by atoms with E-state index in [1.807, 2.05) is 19.1 Å². The van der Waals surface area contributed by atoms with Crippen molar-refractivity contribution in [3.8, 4) is 11.5 Å². The Morgan fingerprint density at radius 2 is 1.97 bits per heavy atom. The van der Waals surface area contributed by atoms with Crippen molar-refractivity contribution in [1.29, 1.82) is 0 Å². The van der Waals surface area contributed by atoms with Gasteiger partial charge in [0.05, 0.1) is 17.7 Å². The molecule has 0 bridgehead atoms. The van der Waals surface area contributed by atoms with Gasteiger partial charge in [-0.3, -0.25) is 14.9 Å². The molecule has 35 heavy (non-hydrogen) atoms. The van der Waals surface area contributed by atoms with Crippen LogP contribution in [0, 0.1) is 10.1 Å². The standard InChI is InChI=1S/C25H20BrN3O6/c1-2-33-23-11-16(6-8-22(23)34-15-17-4-3-5-20(10-17)29(31)32)14-27-28-25(30)24-13-18-12-19(26)7-9-21(18)35-24/h3-14H,2,15H2,1H3,(H,28,30)/b27-14+. The van der Waals surface area contributed by atoms with Gasteiger partial charge in [0, 0.05) is 22.0 Å². The molecule has 1 aromatic heterocycles. The molecule has 10 heteroatoms. The van der Waals surface area contributed by atoms with Crippen LogP contribution in [0.15, 0.2) is 80.7 Å². The van der Waals surface area contributed by atoms with Gasteiger partial charge >= 0.3 is 5.91 Å². The van der Waals surface area contributed by atoms with Crippen LogP contribution in [-0.4, -0.2) is 23.7 Å². The minimum absolute atomic E-state index is 0.000237. The van der Waals surface area contributed by atoms with E-state index in [0.717, 1.165) is 9.86 Å². The first-order valence-corrected chi connectivity index (χ1v) is 11.4. The third-order valence-corrected chi connectivity index (χ3v) is 5.36. The molecule has 0 radical (unpaired) electrons. The molecule has 0 unspecified atom stereocenters. The molecule has 0 spiro atoms. The van der Waals surface area contributed by atoms with Gasteiger partial charge in [-0.15, -0.1) is 0 Å². The van der Waals surface area contributed by atoms with Crippen LogP contribution in [0.5, 0.6) is 11.5 Å². The van der Waals surface area contributed by atoms with E-state index in [0.29, 0.717) is 34.8 Å². The summed E-state index contributed by atoms with van der Waals surface area (Å²) in [5.41, 5.74) is 4.38. The van der Waals surface area contributed by atoms with Gasteiger partial charge in [-0.1, -0.05) is 28.1 Å². The Bertz CT molecular complexity index is 1420. The summed E-state index contributed by atoms with van der Waals surface area (Å²) in [6.45, 7) is 2.39. The first kappa shape index (κ1) is 24.0. The second-order valence-corrected chi connectivity index (χ2v) is 8.26. The molecule has 9 nitrogen and oxygen atoms in total. The van der Waals surface area contributed by atoms with Crippen molar-refractivity contribution < 1.29 is 23.6 Å². The van der Waals surface area contributed by atoms with Gasteiger partial charge in [0.15, 0.2) is 17.3 Å². The van der Waals surface area contributed by atoms with E-state index in [4.69, 9.17) is 13.9 Å². The van der Waals surface area contributed by atoms with Crippen LogP contribution in [0.3, 0.4) is 0 Å². The summed E-state index contributed by atoms with van der Waals surface area (Å²) in [6, 6.07) is 18.5. The predicted octanol–water partition coefficient (Wildman–Crippen LogP) is 5.85. The summed E-state index contributed by atoms with van der Waals surface area (Å²) in [5.74, 6) is 0.634. The van der Waals surface area contributed by atoms with E-state index in [1.165, 1.54) is 18.3 Å². The normalized spacial score (nSPS) is 11.0. The van der Waals surface area contributed by atoms with E-state index in [2.05, 4.69) is 26.5 Å². The minimum Gasteiger partial charge on any atom is -0.490 e. The van der Waals surface area contributed by atoms with E-state index >= 15 is 0 Å². The Kier molecular flexibility index (Phi) is 7.41. The number of hydrazone groups is 1. The SMILES string of the molecule is CCOc1cc(/C=N/NC(=O)c2cc3cc(Br)ccc3o2)ccc1OCc1cccc([N+](=O)[O-])c1. The molecule has 4 rings (SSSR count). The Morgan fingerprint density at radius 3 is 2.77 bits per heavy atom. The second-order valence-electron chi connectivity index (χ2n) is 7.35. The first-order chi connectivity index (χ1) is 16.9. The van der Waals surface area contributed by atoms with Crippen molar-refractivity contribution in [3.05, 3.63) is 98.2 Å². The molecular formula is C25H20BrN3O6. The zero-order valence-electron chi connectivity index (χ0n) is 18.6. The molecule has 0 saturated carbocycles. The minimum atomic E-state index is -0.476. The van der Waals surface area contributed by atoms with Gasteiger partial charge in [0.1, 0.15) is 12.2 Å². The average Bonchev–Trinajstić information content (AvgIpc) is 3.27. The Morgan fingerprint density at radius 1 is 1.11 bits per heavy atom. The molecule has 1 heterocycles. The number of rotatable bonds is 9. The maximum atomic E-state index is 12.4. The predicted molar refractivity (Wildman–Crippen MR) is 134 cm³/mol. The summed E-state index contributed by atoms with van der Waals surface area (Å²) >= 11 is 3.39. The summed E-state index contributed by atoms with van der Waals surface area (Å²) in [5, 5.41) is 15.8. The van der Waals surface area contributed by atoms with Crippen LogP contribution in [0.25, 0.3) is 11.0 Å². The second kappa shape index (κ2) is 10.8. The number of fused-ring (bicyclic) bond motifs is 1. The first-order valence-electron chi connectivity index (χ1n) is 10.6. The molecule has 0 atom stereocenters. The summed E-state index contributed by atoms with van der Waals surface area (Å²) in [7, 11) is 0. The highest BCUT2D eigenvalue weighted by molar-refractivity contribution is 9.10. The molecule has 0 aliphatic rings. The molecule has 3 aromatic carbocycles. The number of hydrogen-bond donors (Lipinski definition) is 1. The molecule has 4 aromatic rings. The van der Waals surface area contributed by atoms with Crippen LogP contribution in [0.4, 0.5) is 5.69 Å². The van der Waals surface area contributed by atoms with Gasteiger partial charge < -0.3 is 13.9 Å². The molecule has 1 N–H and O–H groups in total. The Labute approximate surface area is 208 Å². The Balaban J connectivity index is 1.42. The largest absolute Gasteiger partial charge is 0.490 e. The number of nitro benzene ring substituents is 1. The number of halogens is 1. The number of nitrogens with one attached hydrogen (secondary N) is 1. The number of benzene rings is 3. The van der Waals surface area contributed by atoms with Crippen molar-refractivity contribution >= 4 is 44.7 Å². The molecule has 0 aliphatic heterocycles. The fourth-order valence-corrected chi connectivity index (χ4v) is 3.64. The third-order valence-electron chi connectivity index (χ3n) is 4.87. The maximum absolute atomic E-state index is 12.4. The topological polar surface area (TPSA) is 116 Å². The third kappa shape index (κ3) is 6.04. The molecular weight excluding hydrogens is 518 g/mol. The Hall–Kier alpha value is -4.18. The molecule has 0 aliphatic carbocycles. The number of nitro groups is 1. The maximum Gasteiger partial charge on any atom is 0.307 e. The highest BCUT2D eigenvalue weighted by Crippen LogP contribution is 2.29. The lowest BCUT2D eigenvalue weighted by molar-refractivity contribution is -0.384. The number of nitrogens with zero attached hydrogens (tertiary/aromatic N) is 2. The van der Waals surface area contributed by atoms with Crippen molar-refractivity contribution in [1.82, 2.24) is 5.43 Å². The highest BCUT2D eigenvalue weighted by atomic mass is 79.9. The summed E-state index contributed by atoms with van der Waals surface area (Å²) in [6.07, 6.45) is 1.48. The van der Waals surface area contributed by atoms with Gasteiger partial charge in [-0.2, -0.15) is 5.10 Å². The molecule has 178 valence electrons. The summed E-state index contributed by atoms with van der Waals surface area (Å²) in [4.78, 5) is 22.9. The van der Waals surface area contributed by atoms with Gasteiger partial charge in [-0.25, -0.2) is 5.43 Å². The summed E-state index contributed by atoms with van der Waals surface area (Å²) < 4.78 is 17.9. The van der Waals surface area contributed by atoms with E-state index < -0.39 is 10.8 Å². The van der Waals surface area contributed by atoms with Crippen molar-refractivity contribution in [2.24, 2.45) is 5.10 Å². The highest BCUT2D eigenvalue weighted by Gasteiger charge is 2.12. The lowest BCUT2D eigenvalue weighted by Crippen LogP contribution is -2.16. The lowest BCUT2D eigenvalue weighted by Gasteiger charge is -2.12. The number of carbonyl (C=O) groups excluding carboxylic acids is 1. The fraction of sp³-hybridized carbons (Fsp3) is 0.120. The smallest absolute Gasteiger partial charge is 0.307 e. The van der Waals surface area contributed by atoms with E-state index in [1.54, 1.807) is 42.5 Å². The van der Waals surface area contributed by atoms with Crippen LogP contribution < -0.4 is 14.9 Å². The lowest BCUT2D eigenvalue weighted by atomic mass is 10.2. The average molecular weight is 538 g/mol. The quantitative estimate of drug-likeness (QED) is 0.163. The number of ether oxygens (including phenoxy) is 2. The molecule has 0 saturated heterocycles.